The van der Waals surface area contributed by atoms with Crippen molar-refractivity contribution in [3.05, 3.63) is 59.2 Å². The summed E-state index contributed by atoms with van der Waals surface area (Å²) in [5.74, 6) is -0.334. The molecule has 0 amide bonds. The Kier molecular flexibility index (Phi) is 6.11. The lowest BCUT2D eigenvalue weighted by Crippen LogP contribution is -2.40. The van der Waals surface area contributed by atoms with Crippen LogP contribution in [0.25, 0.3) is 0 Å². The number of nitrogens with zero attached hydrogens (tertiary/aromatic N) is 1. The smallest absolute Gasteiger partial charge is 0.309 e. The number of rotatable bonds is 6. The van der Waals surface area contributed by atoms with Crippen LogP contribution < -0.4 is 4.74 Å². The van der Waals surface area contributed by atoms with Crippen molar-refractivity contribution in [2.45, 2.75) is 31.1 Å². The first-order chi connectivity index (χ1) is 14.8. The molecule has 2 aliphatic heterocycles. The standard InChI is InChI=1S/C23H25NO6S/c1-16-2-5-20(6-3-16)31(27,28)24-11-8-17(9-12-24)23(26)30-15-21(25)18-4-7-22-19(14-18)10-13-29-22/h2-7,14,17H,8-13,15H2,1H3. The first-order valence-electron chi connectivity index (χ1n) is 10.4. The third-order valence-corrected chi connectivity index (χ3v) is 7.72. The molecule has 8 heteroatoms. The van der Waals surface area contributed by atoms with Crippen LogP contribution in [-0.2, 0) is 26.0 Å². The molecule has 1 fully saturated rings. The molecule has 0 saturated carbocycles. The van der Waals surface area contributed by atoms with Crippen molar-refractivity contribution in [1.29, 1.82) is 0 Å². The lowest BCUT2D eigenvalue weighted by atomic mass is 9.98. The van der Waals surface area contributed by atoms with E-state index in [4.69, 9.17) is 9.47 Å². The topological polar surface area (TPSA) is 90.0 Å². The zero-order chi connectivity index (χ0) is 22.0. The van der Waals surface area contributed by atoms with Crippen molar-refractivity contribution in [3.8, 4) is 5.75 Å². The summed E-state index contributed by atoms with van der Waals surface area (Å²) >= 11 is 0. The summed E-state index contributed by atoms with van der Waals surface area (Å²) in [7, 11) is -3.58. The van der Waals surface area contributed by atoms with Gasteiger partial charge in [0.1, 0.15) is 5.75 Å². The molecule has 0 atom stereocenters. The maximum absolute atomic E-state index is 12.8. The zero-order valence-corrected chi connectivity index (χ0v) is 18.2. The lowest BCUT2D eigenvalue weighted by Gasteiger charge is -2.30. The summed E-state index contributed by atoms with van der Waals surface area (Å²) in [4.78, 5) is 25.1. The Morgan fingerprint density at radius 1 is 1.10 bits per heavy atom. The van der Waals surface area contributed by atoms with Crippen LogP contribution in [0.15, 0.2) is 47.4 Å². The molecule has 0 aliphatic carbocycles. The van der Waals surface area contributed by atoms with Gasteiger partial charge in [-0.05, 0) is 55.7 Å². The van der Waals surface area contributed by atoms with Crippen LogP contribution in [0.5, 0.6) is 5.75 Å². The Hall–Kier alpha value is -2.71. The van der Waals surface area contributed by atoms with Gasteiger partial charge in [-0.3, -0.25) is 9.59 Å². The summed E-state index contributed by atoms with van der Waals surface area (Å²) in [6.45, 7) is 2.68. The molecule has 2 aromatic rings. The molecule has 0 N–H and O–H groups in total. The maximum atomic E-state index is 12.8. The van der Waals surface area contributed by atoms with Gasteiger partial charge in [-0.25, -0.2) is 8.42 Å². The zero-order valence-electron chi connectivity index (χ0n) is 17.4. The number of esters is 1. The van der Waals surface area contributed by atoms with Gasteiger partial charge in [0.05, 0.1) is 17.4 Å². The highest BCUT2D eigenvalue weighted by Crippen LogP contribution is 2.27. The molecule has 2 aliphatic rings. The lowest BCUT2D eigenvalue weighted by molar-refractivity contribution is -0.148. The summed E-state index contributed by atoms with van der Waals surface area (Å²) in [5.41, 5.74) is 2.47. The first kappa shape index (κ1) is 21.5. The normalized spacial score (nSPS) is 17.1. The Bertz CT molecular complexity index is 1090. The number of ketones is 1. The van der Waals surface area contributed by atoms with E-state index in [1.54, 1.807) is 42.5 Å². The number of aryl methyl sites for hydroxylation is 1. The van der Waals surface area contributed by atoms with Gasteiger partial charge in [-0.1, -0.05) is 17.7 Å². The van der Waals surface area contributed by atoms with Crippen LogP contribution in [0.3, 0.4) is 0 Å². The highest BCUT2D eigenvalue weighted by Gasteiger charge is 2.33. The largest absolute Gasteiger partial charge is 0.493 e. The Morgan fingerprint density at radius 2 is 1.81 bits per heavy atom. The van der Waals surface area contributed by atoms with E-state index in [0.29, 0.717) is 25.0 Å². The van der Waals surface area contributed by atoms with Gasteiger partial charge < -0.3 is 9.47 Å². The second-order valence-electron chi connectivity index (χ2n) is 7.94. The van der Waals surface area contributed by atoms with Gasteiger partial charge in [0.15, 0.2) is 12.4 Å². The summed E-state index contributed by atoms with van der Waals surface area (Å²) < 4.78 is 37.7. The number of ether oxygens (including phenoxy) is 2. The van der Waals surface area contributed by atoms with Crippen molar-refractivity contribution < 1.29 is 27.5 Å². The molecule has 0 bridgehead atoms. The highest BCUT2D eigenvalue weighted by molar-refractivity contribution is 7.89. The quantitative estimate of drug-likeness (QED) is 0.504. The van der Waals surface area contributed by atoms with E-state index in [0.717, 1.165) is 23.3 Å². The van der Waals surface area contributed by atoms with Gasteiger partial charge in [0, 0.05) is 25.1 Å². The molecule has 2 heterocycles. The Balaban J connectivity index is 1.29. The molecule has 0 aromatic heterocycles. The molecule has 1 saturated heterocycles. The maximum Gasteiger partial charge on any atom is 0.309 e. The van der Waals surface area contributed by atoms with Crippen molar-refractivity contribution >= 4 is 21.8 Å². The van der Waals surface area contributed by atoms with Crippen LogP contribution in [-0.4, -0.2) is 50.8 Å². The monoisotopic (exact) mass is 443 g/mol. The minimum Gasteiger partial charge on any atom is -0.493 e. The number of benzene rings is 2. The predicted molar refractivity (Wildman–Crippen MR) is 114 cm³/mol. The molecule has 2 aromatic carbocycles. The summed E-state index contributed by atoms with van der Waals surface area (Å²) in [5, 5.41) is 0. The number of hydrogen-bond donors (Lipinski definition) is 0. The van der Waals surface area contributed by atoms with E-state index < -0.39 is 21.9 Å². The van der Waals surface area contributed by atoms with Crippen molar-refractivity contribution in [2.75, 3.05) is 26.3 Å². The van der Waals surface area contributed by atoms with Crippen molar-refractivity contribution in [2.24, 2.45) is 5.92 Å². The molecule has 0 radical (unpaired) electrons. The van der Waals surface area contributed by atoms with E-state index in [-0.39, 0.29) is 30.4 Å². The summed E-state index contributed by atoms with van der Waals surface area (Å²) in [6.07, 6.45) is 1.50. The number of piperidine rings is 1. The number of carbonyl (C=O) groups excluding carboxylic acids is 2. The number of sulfonamides is 1. The molecular formula is C23H25NO6S. The van der Waals surface area contributed by atoms with Gasteiger partial charge in [0.25, 0.3) is 0 Å². The molecule has 0 unspecified atom stereocenters. The Labute approximate surface area is 182 Å². The van der Waals surface area contributed by atoms with E-state index in [2.05, 4.69) is 0 Å². The van der Waals surface area contributed by atoms with Gasteiger partial charge in [0.2, 0.25) is 10.0 Å². The van der Waals surface area contributed by atoms with Crippen LogP contribution in [0.4, 0.5) is 0 Å². The van der Waals surface area contributed by atoms with E-state index >= 15 is 0 Å². The van der Waals surface area contributed by atoms with Crippen LogP contribution in [0.1, 0.15) is 34.3 Å². The van der Waals surface area contributed by atoms with E-state index in [1.807, 2.05) is 6.92 Å². The first-order valence-corrected chi connectivity index (χ1v) is 11.8. The predicted octanol–water partition coefficient (Wildman–Crippen LogP) is 2.76. The molecular weight excluding hydrogens is 418 g/mol. The second-order valence-corrected chi connectivity index (χ2v) is 9.88. The minimum atomic E-state index is -3.58. The van der Waals surface area contributed by atoms with Gasteiger partial charge in [-0.2, -0.15) is 4.31 Å². The number of fused-ring (bicyclic) bond motifs is 1. The fourth-order valence-corrected chi connectivity index (χ4v) is 5.36. The van der Waals surface area contributed by atoms with Crippen LogP contribution in [0.2, 0.25) is 0 Å². The third kappa shape index (κ3) is 4.65. The molecule has 0 spiro atoms. The molecule has 31 heavy (non-hydrogen) atoms. The van der Waals surface area contributed by atoms with Gasteiger partial charge in [-0.15, -0.1) is 0 Å². The third-order valence-electron chi connectivity index (χ3n) is 5.80. The number of carbonyl (C=O) groups is 2. The molecule has 7 nitrogen and oxygen atoms in total. The average molecular weight is 444 g/mol. The van der Waals surface area contributed by atoms with Crippen molar-refractivity contribution in [3.63, 3.8) is 0 Å². The number of hydrogen-bond acceptors (Lipinski definition) is 6. The Morgan fingerprint density at radius 3 is 2.52 bits per heavy atom. The second kappa shape index (κ2) is 8.80. The SMILES string of the molecule is Cc1ccc(S(=O)(=O)N2CCC(C(=O)OCC(=O)c3ccc4c(c3)CCO4)CC2)cc1. The highest BCUT2D eigenvalue weighted by atomic mass is 32.2. The van der Waals surface area contributed by atoms with Crippen LogP contribution >= 0.6 is 0 Å². The van der Waals surface area contributed by atoms with E-state index in [1.165, 1.54) is 4.31 Å². The fraction of sp³-hybridized carbons (Fsp3) is 0.391. The molecule has 4 rings (SSSR count). The van der Waals surface area contributed by atoms with Crippen molar-refractivity contribution in [1.82, 2.24) is 4.31 Å². The average Bonchev–Trinajstić information content (AvgIpc) is 3.25. The molecule has 164 valence electrons. The van der Waals surface area contributed by atoms with Gasteiger partial charge >= 0.3 is 5.97 Å². The van der Waals surface area contributed by atoms with Crippen LogP contribution in [0, 0.1) is 12.8 Å². The summed E-state index contributed by atoms with van der Waals surface area (Å²) in [6, 6.07) is 12.0. The number of Topliss-reactive ketones (excluding diaryl/α,β-unsaturated/α-hetero) is 1. The van der Waals surface area contributed by atoms with E-state index in [9.17, 15) is 18.0 Å². The fourth-order valence-electron chi connectivity index (χ4n) is 3.89. The minimum absolute atomic E-state index is 0.245.